The highest BCUT2D eigenvalue weighted by Crippen LogP contribution is 2.29. The highest BCUT2D eigenvalue weighted by atomic mass is 35.5. The van der Waals surface area contributed by atoms with Crippen molar-refractivity contribution in [3.05, 3.63) is 45.7 Å². The van der Waals surface area contributed by atoms with Gasteiger partial charge in [-0.1, -0.05) is 43.1 Å². The van der Waals surface area contributed by atoms with Gasteiger partial charge in [0, 0.05) is 0 Å². The highest BCUT2D eigenvalue weighted by Gasteiger charge is 2.18. The Balaban J connectivity index is 1.95. The Bertz CT molecular complexity index is 729. The molecule has 0 fully saturated rings. The molecule has 0 aliphatic carbocycles. The molecule has 2 rings (SSSR count). The van der Waals surface area contributed by atoms with E-state index in [-0.39, 0.29) is 10.9 Å². The zero-order valence-electron chi connectivity index (χ0n) is 12.5. The number of H-pyrrole nitrogens is 1. The fourth-order valence-corrected chi connectivity index (χ4v) is 2.24. The largest absolute Gasteiger partial charge is 0.452 e. The molecule has 2 aromatic rings. The van der Waals surface area contributed by atoms with Gasteiger partial charge in [-0.2, -0.15) is 5.10 Å². The molecule has 0 unspecified atom stereocenters. The van der Waals surface area contributed by atoms with E-state index in [9.17, 15) is 9.59 Å². The summed E-state index contributed by atoms with van der Waals surface area (Å²) in [5.74, 6) is -1.05. The number of benzene rings is 1. The lowest BCUT2D eigenvalue weighted by Gasteiger charge is -2.09. The van der Waals surface area contributed by atoms with Gasteiger partial charge < -0.3 is 10.1 Å². The SMILES string of the molecule is CC(C)c1[nH]ncc1C(=O)OCC(=O)Nc1cccc(Cl)c1Cl. The maximum absolute atomic E-state index is 12.0. The van der Waals surface area contributed by atoms with Crippen molar-refractivity contribution < 1.29 is 14.3 Å². The number of hydrogen-bond acceptors (Lipinski definition) is 4. The Labute approximate surface area is 143 Å². The van der Waals surface area contributed by atoms with E-state index in [1.165, 1.54) is 6.20 Å². The highest BCUT2D eigenvalue weighted by molar-refractivity contribution is 6.44. The minimum absolute atomic E-state index is 0.0825. The van der Waals surface area contributed by atoms with E-state index in [2.05, 4.69) is 15.5 Å². The molecule has 0 bridgehead atoms. The first kappa shape index (κ1) is 17.3. The van der Waals surface area contributed by atoms with Crippen LogP contribution in [0.5, 0.6) is 0 Å². The van der Waals surface area contributed by atoms with Crippen LogP contribution in [0.4, 0.5) is 5.69 Å². The molecule has 1 aromatic heterocycles. The first-order valence-corrected chi connectivity index (χ1v) is 7.60. The average Bonchev–Trinajstić information content (AvgIpc) is 2.99. The second-order valence-electron chi connectivity index (χ2n) is 5.08. The lowest BCUT2D eigenvalue weighted by atomic mass is 10.1. The summed E-state index contributed by atoms with van der Waals surface area (Å²) in [6.07, 6.45) is 1.38. The second-order valence-corrected chi connectivity index (χ2v) is 5.86. The topological polar surface area (TPSA) is 84.1 Å². The monoisotopic (exact) mass is 355 g/mol. The number of anilines is 1. The van der Waals surface area contributed by atoms with Gasteiger partial charge in [0.15, 0.2) is 6.61 Å². The van der Waals surface area contributed by atoms with Crippen molar-refractivity contribution in [2.24, 2.45) is 0 Å². The van der Waals surface area contributed by atoms with E-state index in [1.807, 2.05) is 13.8 Å². The summed E-state index contributed by atoms with van der Waals surface area (Å²) in [5.41, 5.74) is 1.33. The molecule has 0 aliphatic heterocycles. The number of halogens is 2. The van der Waals surface area contributed by atoms with E-state index >= 15 is 0 Å². The number of esters is 1. The van der Waals surface area contributed by atoms with Crippen LogP contribution in [0.3, 0.4) is 0 Å². The van der Waals surface area contributed by atoms with Gasteiger partial charge in [-0.15, -0.1) is 0 Å². The molecule has 1 amide bonds. The fraction of sp³-hybridized carbons (Fsp3) is 0.267. The third-order valence-corrected chi connectivity index (χ3v) is 3.85. The zero-order chi connectivity index (χ0) is 17.0. The van der Waals surface area contributed by atoms with Crippen molar-refractivity contribution >= 4 is 40.8 Å². The van der Waals surface area contributed by atoms with Crippen LogP contribution < -0.4 is 5.32 Å². The normalized spacial score (nSPS) is 10.7. The first-order valence-electron chi connectivity index (χ1n) is 6.84. The first-order chi connectivity index (χ1) is 10.9. The fourth-order valence-electron chi connectivity index (χ4n) is 1.89. The van der Waals surface area contributed by atoms with E-state index in [4.69, 9.17) is 27.9 Å². The van der Waals surface area contributed by atoms with Crippen molar-refractivity contribution in [3.8, 4) is 0 Å². The van der Waals surface area contributed by atoms with Gasteiger partial charge in [-0.25, -0.2) is 4.79 Å². The molecule has 6 nitrogen and oxygen atoms in total. The van der Waals surface area contributed by atoms with Crippen LogP contribution in [-0.4, -0.2) is 28.7 Å². The van der Waals surface area contributed by atoms with Crippen molar-refractivity contribution in [3.63, 3.8) is 0 Å². The summed E-state index contributed by atoms with van der Waals surface area (Å²) in [6.45, 7) is 3.39. The minimum Gasteiger partial charge on any atom is -0.452 e. The Morgan fingerprint density at radius 1 is 1.35 bits per heavy atom. The summed E-state index contributed by atoms with van der Waals surface area (Å²) in [5, 5.41) is 9.65. The Morgan fingerprint density at radius 3 is 2.78 bits per heavy atom. The van der Waals surface area contributed by atoms with Crippen LogP contribution >= 0.6 is 23.2 Å². The predicted octanol–water partition coefficient (Wildman–Crippen LogP) is 3.64. The number of nitrogens with zero attached hydrogens (tertiary/aromatic N) is 1. The maximum Gasteiger partial charge on any atom is 0.342 e. The third-order valence-electron chi connectivity index (χ3n) is 3.03. The molecule has 23 heavy (non-hydrogen) atoms. The molecular weight excluding hydrogens is 341 g/mol. The van der Waals surface area contributed by atoms with Gasteiger partial charge in [0.1, 0.15) is 5.56 Å². The maximum atomic E-state index is 12.0. The predicted molar refractivity (Wildman–Crippen MR) is 88.1 cm³/mol. The summed E-state index contributed by atoms with van der Waals surface area (Å²) in [6, 6.07) is 4.85. The lowest BCUT2D eigenvalue weighted by Crippen LogP contribution is -2.21. The zero-order valence-corrected chi connectivity index (χ0v) is 14.0. The van der Waals surface area contributed by atoms with Crippen molar-refractivity contribution in [2.75, 3.05) is 11.9 Å². The second kappa shape index (κ2) is 7.48. The van der Waals surface area contributed by atoms with Crippen molar-refractivity contribution in [1.29, 1.82) is 0 Å². The molecular formula is C15H15Cl2N3O3. The van der Waals surface area contributed by atoms with Gasteiger partial charge in [-0.3, -0.25) is 9.89 Å². The Morgan fingerprint density at radius 2 is 2.09 bits per heavy atom. The van der Waals surface area contributed by atoms with Crippen LogP contribution in [0.2, 0.25) is 10.0 Å². The molecule has 0 saturated carbocycles. The minimum atomic E-state index is -0.616. The molecule has 0 saturated heterocycles. The standard InChI is InChI=1S/C15H15Cl2N3O3/c1-8(2)14-9(6-18-20-14)15(22)23-7-12(21)19-11-5-3-4-10(16)13(11)17/h3-6,8H,7H2,1-2H3,(H,18,20)(H,19,21). The molecule has 0 spiro atoms. The van der Waals surface area contributed by atoms with E-state index in [0.717, 1.165) is 0 Å². The van der Waals surface area contributed by atoms with Crippen LogP contribution in [0.25, 0.3) is 0 Å². The number of hydrogen-bond donors (Lipinski definition) is 2. The number of aromatic amines is 1. The Kier molecular flexibility index (Phi) is 5.63. The van der Waals surface area contributed by atoms with Gasteiger partial charge in [0.25, 0.3) is 5.91 Å². The molecule has 1 heterocycles. The molecule has 2 N–H and O–H groups in total. The van der Waals surface area contributed by atoms with E-state index in [1.54, 1.807) is 18.2 Å². The van der Waals surface area contributed by atoms with Crippen LogP contribution in [0.15, 0.2) is 24.4 Å². The number of nitrogens with one attached hydrogen (secondary N) is 2. The van der Waals surface area contributed by atoms with Gasteiger partial charge in [0.05, 0.1) is 27.6 Å². The number of carbonyl (C=O) groups excluding carboxylic acids is 2. The number of aromatic nitrogens is 2. The van der Waals surface area contributed by atoms with Gasteiger partial charge in [-0.05, 0) is 18.1 Å². The van der Waals surface area contributed by atoms with Crippen molar-refractivity contribution in [1.82, 2.24) is 10.2 Å². The lowest BCUT2D eigenvalue weighted by molar-refractivity contribution is -0.119. The smallest absolute Gasteiger partial charge is 0.342 e. The third kappa shape index (κ3) is 4.24. The number of carbonyl (C=O) groups is 2. The molecule has 1 aromatic carbocycles. The van der Waals surface area contributed by atoms with Crippen LogP contribution in [-0.2, 0) is 9.53 Å². The number of amides is 1. The molecule has 122 valence electrons. The van der Waals surface area contributed by atoms with E-state index in [0.29, 0.717) is 22.0 Å². The van der Waals surface area contributed by atoms with Crippen LogP contribution in [0, 0.1) is 0 Å². The van der Waals surface area contributed by atoms with E-state index < -0.39 is 18.5 Å². The molecule has 0 aliphatic rings. The molecule has 8 heteroatoms. The summed E-state index contributed by atoms with van der Waals surface area (Å²) >= 11 is 11.8. The summed E-state index contributed by atoms with van der Waals surface area (Å²) in [7, 11) is 0. The molecule has 0 atom stereocenters. The Hall–Kier alpha value is -2.05. The van der Waals surface area contributed by atoms with Gasteiger partial charge in [0.2, 0.25) is 0 Å². The molecule has 0 radical (unpaired) electrons. The number of rotatable bonds is 5. The van der Waals surface area contributed by atoms with Gasteiger partial charge >= 0.3 is 5.97 Å². The quantitative estimate of drug-likeness (QED) is 0.802. The van der Waals surface area contributed by atoms with Crippen molar-refractivity contribution in [2.45, 2.75) is 19.8 Å². The van der Waals surface area contributed by atoms with Crippen LogP contribution in [0.1, 0.15) is 35.8 Å². The average molecular weight is 356 g/mol. The number of ether oxygens (including phenoxy) is 1. The summed E-state index contributed by atoms with van der Waals surface area (Å²) < 4.78 is 4.99. The summed E-state index contributed by atoms with van der Waals surface area (Å²) in [4.78, 5) is 23.9.